The number of hydrogen-bond donors (Lipinski definition) is 0. The second-order valence-electron chi connectivity index (χ2n) is 6.70. The van der Waals surface area contributed by atoms with E-state index in [1.54, 1.807) is 0 Å². The van der Waals surface area contributed by atoms with Crippen molar-refractivity contribution < 1.29 is 9.47 Å². The number of halogens is 1. The smallest absolute Gasteiger partial charge is 0.0960 e. The van der Waals surface area contributed by atoms with Gasteiger partial charge in [-0.3, -0.25) is 0 Å². The van der Waals surface area contributed by atoms with Crippen molar-refractivity contribution in [3.8, 4) is 0 Å². The summed E-state index contributed by atoms with van der Waals surface area (Å²) in [6.45, 7) is 1.64. The first-order valence-corrected chi connectivity index (χ1v) is 9.03. The predicted molar refractivity (Wildman–Crippen MR) is 91.0 cm³/mol. The van der Waals surface area contributed by atoms with E-state index in [9.17, 15) is 0 Å². The van der Waals surface area contributed by atoms with Crippen LogP contribution >= 0.6 is 11.6 Å². The summed E-state index contributed by atoms with van der Waals surface area (Å²) in [6.07, 6.45) is 9.47. The topological polar surface area (TPSA) is 36.3 Å². The molecule has 1 saturated heterocycles. The van der Waals surface area contributed by atoms with E-state index >= 15 is 0 Å². The summed E-state index contributed by atoms with van der Waals surface area (Å²) in [5, 5.41) is 0.765. The van der Waals surface area contributed by atoms with Crippen LogP contribution in [0.25, 0.3) is 11.0 Å². The Morgan fingerprint density at radius 3 is 3.09 bits per heavy atom. The van der Waals surface area contributed by atoms with Gasteiger partial charge >= 0.3 is 0 Å². The molecule has 0 amide bonds. The highest BCUT2D eigenvalue weighted by Gasteiger charge is 2.26. The van der Waals surface area contributed by atoms with E-state index in [1.807, 2.05) is 24.5 Å². The van der Waals surface area contributed by atoms with Gasteiger partial charge in [0.05, 0.1) is 36.2 Å². The minimum Gasteiger partial charge on any atom is -0.376 e. The molecule has 124 valence electrons. The molecule has 4 rings (SSSR count). The Morgan fingerprint density at radius 2 is 2.22 bits per heavy atom. The number of rotatable bonds is 4. The monoisotopic (exact) mass is 334 g/mol. The molecule has 1 aromatic heterocycles. The second kappa shape index (κ2) is 6.80. The molecule has 23 heavy (non-hydrogen) atoms. The lowest BCUT2D eigenvalue weighted by molar-refractivity contribution is -0.0389. The summed E-state index contributed by atoms with van der Waals surface area (Å²) >= 11 is 6.16. The zero-order chi connectivity index (χ0) is 15.6. The van der Waals surface area contributed by atoms with Crippen molar-refractivity contribution in [2.45, 2.75) is 56.8 Å². The normalized spacial score (nSPS) is 28.5. The van der Waals surface area contributed by atoms with Gasteiger partial charge in [-0.1, -0.05) is 11.6 Å². The Kier molecular flexibility index (Phi) is 4.56. The molecule has 1 aromatic carbocycles. The molecule has 5 heteroatoms. The van der Waals surface area contributed by atoms with Gasteiger partial charge in [-0.25, -0.2) is 4.98 Å². The number of fused-ring (bicyclic) bond motifs is 1. The lowest BCUT2D eigenvalue weighted by atomic mass is 9.92. The van der Waals surface area contributed by atoms with E-state index < -0.39 is 0 Å². The Bertz CT molecular complexity index is 666. The van der Waals surface area contributed by atoms with Crippen LogP contribution in [0.5, 0.6) is 0 Å². The average molecular weight is 335 g/mol. The van der Waals surface area contributed by atoms with Gasteiger partial charge in [0.1, 0.15) is 0 Å². The number of aromatic nitrogens is 2. The molecular weight excluding hydrogens is 312 g/mol. The fraction of sp³-hybridized carbons (Fsp3) is 0.611. The van der Waals surface area contributed by atoms with E-state index in [0.29, 0.717) is 18.2 Å². The van der Waals surface area contributed by atoms with Gasteiger partial charge in [0, 0.05) is 17.7 Å². The van der Waals surface area contributed by atoms with Gasteiger partial charge in [0.15, 0.2) is 0 Å². The lowest BCUT2D eigenvalue weighted by Crippen LogP contribution is -2.28. The van der Waals surface area contributed by atoms with Crippen molar-refractivity contribution in [3.63, 3.8) is 0 Å². The van der Waals surface area contributed by atoms with Gasteiger partial charge < -0.3 is 14.0 Å². The van der Waals surface area contributed by atoms with Gasteiger partial charge in [-0.05, 0) is 56.7 Å². The zero-order valence-corrected chi connectivity index (χ0v) is 14.0. The van der Waals surface area contributed by atoms with Crippen molar-refractivity contribution in [1.82, 2.24) is 9.55 Å². The number of imidazole rings is 1. The van der Waals surface area contributed by atoms with Gasteiger partial charge in [-0.2, -0.15) is 0 Å². The van der Waals surface area contributed by atoms with E-state index in [2.05, 4.69) is 9.55 Å². The average Bonchev–Trinajstić information content (AvgIpc) is 3.22. The summed E-state index contributed by atoms with van der Waals surface area (Å²) in [6, 6.07) is 6.35. The predicted octanol–water partition coefficient (Wildman–Crippen LogP) is 4.37. The zero-order valence-electron chi connectivity index (χ0n) is 13.3. The van der Waals surface area contributed by atoms with Crippen LogP contribution in [0.1, 0.15) is 44.6 Å². The lowest BCUT2D eigenvalue weighted by Gasteiger charge is -2.31. The molecule has 0 bridgehead atoms. The maximum absolute atomic E-state index is 6.16. The van der Waals surface area contributed by atoms with Gasteiger partial charge in [0.2, 0.25) is 0 Å². The summed E-state index contributed by atoms with van der Waals surface area (Å²) in [4.78, 5) is 4.51. The third-order valence-electron chi connectivity index (χ3n) is 5.07. The van der Waals surface area contributed by atoms with E-state index in [4.69, 9.17) is 21.1 Å². The molecule has 2 fully saturated rings. The quantitative estimate of drug-likeness (QED) is 0.833. The summed E-state index contributed by atoms with van der Waals surface area (Å²) in [5.74, 6) is 0. The maximum atomic E-state index is 6.16. The van der Waals surface area contributed by atoms with Crippen molar-refractivity contribution in [1.29, 1.82) is 0 Å². The van der Waals surface area contributed by atoms with Crippen molar-refractivity contribution in [2.75, 3.05) is 13.2 Å². The van der Waals surface area contributed by atoms with Crippen molar-refractivity contribution in [2.24, 2.45) is 0 Å². The standard InChI is InChI=1S/C18H23ClN2O2/c19-13-6-7-17-18(9-13)21(12-20-17)14-3-1-4-15(10-14)23-11-16-5-2-8-22-16/h6-7,9,12,14-16H,1-5,8,10-11H2/t14-,15+,16+/m1/s1. The summed E-state index contributed by atoms with van der Waals surface area (Å²) < 4.78 is 14.1. The van der Waals surface area contributed by atoms with E-state index in [-0.39, 0.29) is 0 Å². The molecule has 1 aliphatic carbocycles. The van der Waals surface area contributed by atoms with Crippen LogP contribution in [0.2, 0.25) is 5.02 Å². The van der Waals surface area contributed by atoms with Crippen molar-refractivity contribution in [3.05, 3.63) is 29.5 Å². The minimum absolute atomic E-state index is 0.309. The highest BCUT2D eigenvalue weighted by Crippen LogP contribution is 2.33. The highest BCUT2D eigenvalue weighted by molar-refractivity contribution is 6.31. The molecule has 1 saturated carbocycles. The first-order valence-electron chi connectivity index (χ1n) is 8.65. The minimum atomic E-state index is 0.309. The van der Waals surface area contributed by atoms with Crippen LogP contribution in [0.4, 0.5) is 0 Å². The molecule has 4 nitrogen and oxygen atoms in total. The van der Waals surface area contributed by atoms with Crippen LogP contribution in [0.15, 0.2) is 24.5 Å². The SMILES string of the molecule is Clc1ccc2ncn([C@@H]3CCC[C@H](OC[C@@H]4CCCO4)C3)c2c1. The Hall–Kier alpha value is -1.10. The van der Waals surface area contributed by atoms with Gasteiger partial charge in [-0.15, -0.1) is 0 Å². The first kappa shape index (κ1) is 15.4. The Balaban J connectivity index is 1.44. The third kappa shape index (κ3) is 3.39. The molecule has 0 radical (unpaired) electrons. The van der Waals surface area contributed by atoms with Crippen LogP contribution in [-0.4, -0.2) is 35.0 Å². The summed E-state index contributed by atoms with van der Waals surface area (Å²) in [5.41, 5.74) is 2.14. The van der Waals surface area contributed by atoms with Crippen LogP contribution in [-0.2, 0) is 9.47 Å². The van der Waals surface area contributed by atoms with Gasteiger partial charge in [0.25, 0.3) is 0 Å². The fourth-order valence-corrected chi connectivity index (χ4v) is 4.00. The fourth-order valence-electron chi connectivity index (χ4n) is 3.83. The summed E-state index contributed by atoms with van der Waals surface area (Å²) in [7, 11) is 0. The van der Waals surface area contributed by atoms with E-state index in [0.717, 1.165) is 48.5 Å². The van der Waals surface area contributed by atoms with E-state index in [1.165, 1.54) is 19.3 Å². The maximum Gasteiger partial charge on any atom is 0.0960 e. The highest BCUT2D eigenvalue weighted by atomic mass is 35.5. The molecule has 0 N–H and O–H groups in total. The molecule has 0 spiro atoms. The molecule has 2 heterocycles. The third-order valence-corrected chi connectivity index (χ3v) is 5.31. The van der Waals surface area contributed by atoms with Crippen LogP contribution in [0.3, 0.4) is 0 Å². The molecule has 0 unspecified atom stereocenters. The second-order valence-corrected chi connectivity index (χ2v) is 7.13. The molecule has 1 aliphatic heterocycles. The molecule has 3 atom stereocenters. The molecular formula is C18H23ClN2O2. The number of ether oxygens (including phenoxy) is 2. The first-order chi connectivity index (χ1) is 11.3. The Labute approximate surface area is 141 Å². The largest absolute Gasteiger partial charge is 0.376 e. The Morgan fingerprint density at radius 1 is 1.26 bits per heavy atom. The molecule has 2 aliphatic rings. The van der Waals surface area contributed by atoms with Crippen LogP contribution in [0, 0.1) is 0 Å². The number of nitrogens with zero attached hydrogens (tertiary/aromatic N) is 2. The number of benzene rings is 1. The molecule has 2 aromatic rings. The number of hydrogen-bond acceptors (Lipinski definition) is 3. The van der Waals surface area contributed by atoms with Crippen LogP contribution < -0.4 is 0 Å². The van der Waals surface area contributed by atoms with Crippen molar-refractivity contribution >= 4 is 22.6 Å².